The number of ether oxygens (including phenoxy) is 1. The summed E-state index contributed by atoms with van der Waals surface area (Å²) in [5.41, 5.74) is 0. The molecule has 0 amide bonds. The minimum atomic E-state index is 0.461. The molecule has 0 bridgehead atoms. The Morgan fingerprint density at radius 3 is 2.71 bits per heavy atom. The van der Waals surface area contributed by atoms with Crippen LogP contribution in [0.15, 0.2) is 0 Å². The highest BCUT2D eigenvalue weighted by molar-refractivity contribution is 4.71. The highest BCUT2D eigenvalue weighted by Crippen LogP contribution is 2.10. The van der Waals surface area contributed by atoms with Crippen molar-refractivity contribution < 1.29 is 4.74 Å². The van der Waals surface area contributed by atoms with E-state index in [1.54, 1.807) is 0 Å². The summed E-state index contributed by atoms with van der Waals surface area (Å²) in [5, 5.41) is 3.53. The standard InChI is InChI=1S/C14H30N2O/c1-12(2)7-8-16(4)13(3)10-15-11-14-6-5-9-17-14/h12-15H,5-11H2,1-4H3. The van der Waals surface area contributed by atoms with E-state index in [1.165, 1.54) is 25.8 Å². The molecule has 17 heavy (non-hydrogen) atoms. The van der Waals surface area contributed by atoms with E-state index in [0.29, 0.717) is 12.1 Å². The molecular formula is C14H30N2O. The fourth-order valence-electron chi connectivity index (χ4n) is 2.10. The number of hydrogen-bond donors (Lipinski definition) is 1. The molecule has 0 spiro atoms. The predicted octanol–water partition coefficient (Wildman–Crippen LogP) is 2.12. The maximum atomic E-state index is 5.60. The van der Waals surface area contributed by atoms with Crippen molar-refractivity contribution in [2.24, 2.45) is 5.92 Å². The third-order valence-electron chi connectivity index (χ3n) is 3.65. The summed E-state index contributed by atoms with van der Waals surface area (Å²) < 4.78 is 5.60. The van der Waals surface area contributed by atoms with Gasteiger partial charge in [0.2, 0.25) is 0 Å². The van der Waals surface area contributed by atoms with Gasteiger partial charge in [-0.3, -0.25) is 0 Å². The monoisotopic (exact) mass is 242 g/mol. The van der Waals surface area contributed by atoms with Crippen molar-refractivity contribution in [3.63, 3.8) is 0 Å². The first-order chi connectivity index (χ1) is 8.09. The highest BCUT2D eigenvalue weighted by Gasteiger charge is 2.15. The topological polar surface area (TPSA) is 24.5 Å². The summed E-state index contributed by atoms with van der Waals surface area (Å²) in [6.45, 7) is 11.1. The molecule has 1 rings (SSSR count). The van der Waals surface area contributed by atoms with Gasteiger partial charge in [0.1, 0.15) is 0 Å². The molecule has 1 saturated heterocycles. The van der Waals surface area contributed by atoms with E-state index in [0.717, 1.165) is 25.6 Å². The molecule has 1 fully saturated rings. The van der Waals surface area contributed by atoms with E-state index in [4.69, 9.17) is 4.74 Å². The summed E-state index contributed by atoms with van der Waals surface area (Å²) in [7, 11) is 2.22. The zero-order valence-electron chi connectivity index (χ0n) is 12.0. The molecule has 0 aliphatic carbocycles. The van der Waals surface area contributed by atoms with Crippen molar-refractivity contribution >= 4 is 0 Å². The van der Waals surface area contributed by atoms with Gasteiger partial charge < -0.3 is 15.0 Å². The van der Waals surface area contributed by atoms with Crippen molar-refractivity contribution in [2.45, 2.75) is 52.2 Å². The molecular weight excluding hydrogens is 212 g/mol. The SMILES string of the molecule is CC(C)CCN(C)C(C)CNCC1CCCO1. The van der Waals surface area contributed by atoms with Crippen LogP contribution in [0.2, 0.25) is 0 Å². The van der Waals surface area contributed by atoms with Gasteiger partial charge in [-0.2, -0.15) is 0 Å². The van der Waals surface area contributed by atoms with Crippen LogP contribution in [0.1, 0.15) is 40.0 Å². The second kappa shape index (κ2) is 8.06. The van der Waals surface area contributed by atoms with E-state index < -0.39 is 0 Å². The maximum Gasteiger partial charge on any atom is 0.0700 e. The van der Waals surface area contributed by atoms with Crippen LogP contribution in [-0.4, -0.2) is 50.3 Å². The Morgan fingerprint density at radius 1 is 1.35 bits per heavy atom. The Labute approximate surface area is 107 Å². The largest absolute Gasteiger partial charge is 0.377 e. The molecule has 0 saturated carbocycles. The molecule has 0 aromatic heterocycles. The average Bonchev–Trinajstić information content (AvgIpc) is 2.78. The van der Waals surface area contributed by atoms with Gasteiger partial charge in [0.05, 0.1) is 6.10 Å². The third-order valence-corrected chi connectivity index (χ3v) is 3.65. The molecule has 0 aromatic rings. The van der Waals surface area contributed by atoms with Gasteiger partial charge in [0.25, 0.3) is 0 Å². The molecule has 1 aliphatic heterocycles. The number of rotatable bonds is 8. The quantitative estimate of drug-likeness (QED) is 0.705. The smallest absolute Gasteiger partial charge is 0.0700 e. The zero-order chi connectivity index (χ0) is 12.7. The number of nitrogens with zero attached hydrogens (tertiary/aromatic N) is 1. The van der Waals surface area contributed by atoms with Crippen molar-refractivity contribution in [3.8, 4) is 0 Å². The molecule has 3 nitrogen and oxygen atoms in total. The van der Waals surface area contributed by atoms with Gasteiger partial charge >= 0.3 is 0 Å². The van der Waals surface area contributed by atoms with Gasteiger partial charge in [-0.15, -0.1) is 0 Å². The second-order valence-electron chi connectivity index (χ2n) is 5.81. The van der Waals surface area contributed by atoms with Crippen LogP contribution in [-0.2, 0) is 4.74 Å². The zero-order valence-corrected chi connectivity index (χ0v) is 12.0. The van der Waals surface area contributed by atoms with E-state index in [1.807, 2.05) is 0 Å². The van der Waals surface area contributed by atoms with Crippen molar-refractivity contribution in [1.29, 1.82) is 0 Å². The molecule has 0 aromatic carbocycles. The molecule has 3 heteroatoms. The van der Waals surface area contributed by atoms with E-state index >= 15 is 0 Å². The molecule has 1 N–H and O–H groups in total. The Balaban J connectivity index is 2.04. The maximum absolute atomic E-state index is 5.60. The van der Waals surface area contributed by atoms with Crippen molar-refractivity contribution in [2.75, 3.05) is 33.3 Å². The van der Waals surface area contributed by atoms with Gasteiger partial charge in [-0.25, -0.2) is 0 Å². The van der Waals surface area contributed by atoms with Gasteiger partial charge in [-0.1, -0.05) is 13.8 Å². The lowest BCUT2D eigenvalue weighted by Crippen LogP contribution is -2.40. The Hall–Kier alpha value is -0.120. The fourth-order valence-corrected chi connectivity index (χ4v) is 2.10. The molecule has 2 atom stereocenters. The van der Waals surface area contributed by atoms with Crippen LogP contribution >= 0.6 is 0 Å². The van der Waals surface area contributed by atoms with Gasteiger partial charge in [-0.05, 0) is 45.7 Å². The summed E-state index contributed by atoms with van der Waals surface area (Å²) >= 11 is 0. The second-order valence-corrected chi connectivity index (χ2v) is 5.81. The van der Waals surface area contributed by atoms with Gasteiger partial charge in [0, 0.05) is 25.7 Å². The molecule has 0 radical (unpaired) electrons. The summed E-state index contributed by atoms with van der Waals surface area (Å²) in [6, 6.07) is 0.607. The van der Waals surface area contributed by atoms with Gasteiger partial charge in [0.15, 0.2) is 0 Å². The first-order valence-corrected chi connectivity index (χ1v) is 7.12. The van der Waals surface area contributed by atoms with Crippen LogP contribution in [0.5, 0.6) is 0 Å². The summed E-state index contributed by atoms with van der Waals surface area (Å²) in [5.74, 6) is 0.796. The lowest BCUT2D eigenvalue weighted by Gasteiger charge is -2.26. The number of likely N-dealkylation sites (N-methyl/N-ethyl adjacent to an activating group) is 1. The van der Waals surface area contributed by atoms with E-state index in [2.05, 4.69) is 38.0 Å². The summed E-state index contributed by atoms with van der Waals surface area (Å²) in [4.78, 5) is 2.45. The summed E-state index contributed by atoms with van der Waals surface area (Å²) in [6.07, 6.45) is 4.20. The molecule has 1 heterocycles. The minimum Gasteiger partial charge on any atom is -0.377 e. The fraction of sp³-hybridized carbons (Fsp3) is 1.00. The Kier molecular flexibility index (Phi) is 7.09. The molecule has 2 unspecified atom stereocenters. The van der Waals surface area contributed by atoms with Crippen LogP contribution in [0.3, 0.4) is 0 Å². The first-order valence-electron chi connectivity index (χ1n) is 7.12. The van der Waals surface area contributed by atoms with Crippen LogP contribution in [0, 0.1) is 5.92 Å². The van der Waals surface area contributed by atoms with Crippen LogP contribution < -0.4 is 5.32 Å². The Morgan fingerprint density at radius 2 is 2.12 bits per heavy atom. The highest BCUT2D eigenvalue weighted by atomic mass is 16.5. The minimum absolute atomic E-state index is 0.461. The lowest BCUT2D eigenvalue weighted by molar-refractivity contribution is 0.108. The lowest BCUT2D eigenvalue weighted by atomic mass is 10.1. The number of nitrogens with one attached hydrogen (secondary N) is 1. The van der Waals surface area contributed by atoms with Crippen molar-refractivity contribution in [3.05, 3.63) is 0 Å². The normalized spacial score (nSPS) is 22.6. The number of hydrogen-bond acceptors (Lipinski definition) is 3. The molecule has 102 valence electrons. The predicted molar refractivity (Wildman–Crippen MR) is 73.4 cm³/mol. The first kappa shape index (κ1) is 14.9. The van der Waals surface area contributed by atoms with Crippen molar-refractivity contribution in [1.82, 2.24) is 10.2 Å². The van der Waals surface area contributed by atoms with E-state index in [9.17, 15) is 0 Å². The van der Waals surface area contributed by atoms with Crippen LogP contribution in [0.25, 0.3) is 0 Å². The molecule has 1 aliphatic rings. The third kappa shape index (κ3) is 6.39. The Bertz CT molecular complexity index is 191. The average molecular weight is 242 g/mol. The van der Waals surface area contributed by atoms with E-state index in [-0.39, 0.29) is 0 Å². The van der Waals surface area contributed by atoms with Crippen LogP contribution in [0.4, 0.5) is 0 Å².